The molecular formula is C26H27F2N3O7. The van der Waals surface area contributed by atoms with Crippen LogP contribution in [-0.2, 0) is 14.4 Å². The summed E-state index contributed by atoms with van der Waals surface area (Å²) in [5.74, 6) is -7.13. The lowest BCUT2D eigenvalue weighted by molar-refractivity contribution is -0.140. The predicted molar refractivity (Wildman–Crippen MR) is 132 cm³/mol. The number of carbonyl (C=O) groups excluding carboxylic acids is 3. The molecule has 0 saturated heterocycles. The minimum absolute atomic E-state index is 0. The minimum atomic E-state index is -1.57. The highest BCUT2D eigenvalue weighted by Crippen LogP contribution is 2.21. The molecule has 2 aromatic carbocycles. The molecule has 3 rings (SSSR count). The van der Waals surface area contributed by atoms with Crippen LogP contribution in [0, 0.1) is 17.6 Å². The molecule has 0 fully saturated rings. The summed E-state index contributed by atoms with van der Waals surface area (Å²) in [5, 5.41) is 14.9. The van der Waals surface area contributed by atoms with Crippen LogP contribution in [0.15, 0.2) is 54.6 Å². The van der Waals surface area contributed by atoms with E-state index in [2.05, 4.69) is 15.6 Å². The van der Waals surface area contributed by atoms with Crippen LogP contribution in [0.2, 0.25) is 0 Å². The second-order valence-electron chi connectivity index (χ2n) is 8.55. The van der Waals surface area contributed by atoms with Crippen LogP contribution < -0.4 is 15.4 Å². The lowest BCUT2D eigenvalue weighted by atomic mass is 10.0. The zero-order valence-electron chi connectivity index (χ0n) is 20.5. The highest BCUT2D eigenvalue weighted by molar-refractivity contribution is 5.99. The van der Waals surface area contributed by atoms with Crippen molar-refractivity contribution in [3.8, 4) is 5.75 Å². The number of rotatable bonds is 11. The Balaban J connectivity index is 0.00000507. The number of ether oxygens (including phenoxy) is 1. The third-order valence-electron chi connectivity index (χ3n) is 5.43. The smallest absolute Gasteiger partial charge is 0.305 e. The summed E-state index contributed by atoms with van der Waals surface area (Å²) >= 11 is 0. The molecule has 0 bridgehead atoms. The van der Waals surface area contributed by atoms with Crippen molar-refractivity contribution in [2.75, 3.05) is 6.61 Å². The average Bonchev–Trinajstić information content (AvgIpc) is 2.85. The average molecular weight is 532 g/mol. The largest absolute Gasteiger partial charge is 0.481 e. The highest BCUT2D eigenvalue weighted by Gasteiger charge is 2.31. The summed E-state index contributed by atoms with van der Waals surface area (Å²) < 4.78 is 32.5. The number of nitrogens with one attached hydrogen (secondary N) is 2. The number of carboxylic acids is 1. The Bertz CT molecular complexity index is 1310. The number of nitrogens with zero attached hydrogens (tertiary/aromatic N) is 1. The topological polar surface area (TPSA) is 166 Å². The molecule has 1 aromatic heterocycles. The first kappa shape index (κ1) is 29.8. The minimum Gasteiger partial charge on any atom is -0.481 e. The number of Topliss-reactive ketones (excluding diaryl/α,β-unsaturated/α-hetero) is 1. The van der Waals surface area contributed by atoms with E-state index in [9.17, 15) is 33.1 Å². The number of amides is 2. The van der Waals surface area contributed by atoms with Crippen molar-refractivity contribution in [3.63, 3.8) is 0 Å². The Hall–Kier alpha value is -4.45. The maximum absolute atomic E-state index is 13.8. The first-order valence-electron chi connectivity index (χ1n) is 11.3. The first-order valence-corrected chi connectivity index (χ1v) is 11.3. The van der Waals surface area contributed by atoms with E-state index >= 15 is 0 Å². The Kier molecular flexibility index (Phi) is 10.3. The number of ketones is 1. The van der Waals surface area contributed by atoms with Crippen LogP contribution in [0.1, 0.15) is 30.8 Å². The monoisotopic (exact) mass is 531 g/mol. The molecule has 5 N–H and O–H groups in total. The molecule has 0 aliphatic rings. The van der Waals surface area contributed by atoms with Crippen molar-refractivity contribution >= 4 is 34.5 Å². The third-order valence-corrected chi connectivity index (χ3v) is 5.43. The van der Waals surface area contributed by atoms with Gasteiger partial charge in [-0.25, -0.2) is 13.8 Å². The van der Waals surface area contributed by atoms with Crippen LogP contribution in [0.4, 0.5) is 8.78 Å². The van der Waals surface area contributed by atoms with E-state index in [1.54, 1.807) is 32.0 Å². The number of carboxylic acid groups (broad SMARTS) is 1. The Labute approximate surface area is 216 Å². The van der Waals surface area contributed by atoms with Crippen molar-refractivity contribution < 1.29 is 43.3 Å². The van der Waals surface area contributed by atoms with Gasteiger partial charge in [-0.05, 0) is 30.2 Å². The Morgan fingerprint density at radius 1 is 0.947 bits per heavy atom. The molecule has 38 heavy (non-hydrogen) atoms. The zero-order valence-corrected chi connectivity index (χ0v) is 20.5. The molecule has 0 saturated carbocycles. The van der Waals surface area contributed by atoms with E-state index in [1.807, 2.05) is 12.1 Å². The number of hydrogen-bond acceptors (Lipinski definition) is 6. The van der Waals surface area contributed by atoms with Crippen LogP contribution >= 0.6 is 0 Å². The lowest BCUT2D eigenvalue weighted by Crippen LogP contribution is -2.54. The van der Waals surface area contributed by atoms with Gasteiger partial charge in [0.05, 0.1) is 11.9 Å². The lowest BCUT2D eigenvalue weighted by Gasteiger charge is -2.24. The van der Waals surface area contributed by atoms with Gasteiger partial charge in [0.2, 0.25) is 5.91 Å². The number of benzene rings is 2. The molecule has 202 valence electrons. The fourth-order valence-corrected chi connectivity index (χ4v) is 3.49. The van der Waals surface area contributed by atoms with E-state index in [0.29, 0.717) is 5.52 Å². The van der Waals surface area contributed by atoms with E-state index in [0.717, 1.165) is 23.6 Å². The molecule has 0 spiro atoms. The number of carbonyl (C=O) groups is 4. The van der Waals surface area contributed by atoms with Crippen LogP contribution in [0.5, 0.6) is 5.75 Å². The number of aromatic nitrogens is 1. The fraction of sp³-hybridized carbons (Fsp3) is 0.269. The van der Waals surface area contributed by atoms with Gasteiger partial charge < -0.3 is 26.0 Å². The molecule has 0 aliphatic heterocycles. The molecule has 0 aliphatic carbocycles. The van der Waals surface area contributed by atoms with Gasteiger partial charge in [0.15, 0.2) is 23.2 Å². The van der Waals surface area contributed by atoms with Gasteiger partial charge in [-0.2, -0.15) is 0 Å². The second-order valence-corrected chi connectivity index (χ2v) is 8.55. The Morgan fingerprint density at radius 3 is 2.24 bits per heavy atom. The number of pyridine rings is 1. The van der Waals surface area contributed by atoms with E-state index < -0.39 is 72.0 Å². The van der Waals surface area contributed by atoms with Crippen molar-refractivity contribution in [1.82, 2.24) is 15.6 Å². The molecule has 12 heteroatoms. The number of aliphatic carboxylic acids is 1. The van der Waals surface area contributed by atoms with Gasteiger partial charge in [0.25, 0.3) is 5.91 Å². The van der Waals surface area contributed by atoms with Crippen molar-refractivity contribution in [1.29, 1.82) is 0 Å². The maximum atomic E-state index is 13.8. The SMILES string of the molecule is CC(C)[C@H](NC(=O)c1ccc2ccccc2n1)C(=O)N[C@@H](CC(=O)O)C(=O)COc1c(F)cccc1F.O. The number of para-hydroxylation sites is 2. The van der Waals surface area contributed by atoms with Gasteiger partial charge in [-0.1, -0.05) is 44.2 Å². The quantitative estimate of drug-likeness (QED) is 0.340. The van der Waals surface area contributed by atoms with Gasteiger partial charge in [0, 0.05) is 5.39 Å². The molecule has 0 unspecified atom stereocenters. The van der Waals surface area contributed by atoms with Crippen LogP contribution in [0.3, 0.4) is 0 Å². The summed E-state index contributed by atoms with van der Waals surface area (Å²) in [6, 6.07) is 10.6. The molecule has 0 radical (unpaired) electrons. The number of fused-ring (bicyclic) bond motifs is 1. The summed E-state index contributed by atoms with van der Waals surface area (Å²) in [4.78, 5) is 54.0. The predicted octanol–water partition coefficient (Wildman–Crippen LogP) is 2.05. The van der Waals surface area contributed by atoms with Crippen LogP contribution in [0.25, 0.3) is 10.9 Å². The van der Waals surface area contributed by atoms with Gasteiger partial charge >= 0.3 is 5.97 Å². The summed E-state index contributed by atoms with van der Waals surface area (Å²) in [5.41, 5.74) is 0.648. The van der Waals surface area contributed by atoms with Gasteiger partial charge in [0.1, 0.15) is 24.4 Å². The second kappa shape index (κ2) is 13.2. The standard InChI is InChI=1S/C26H25F2N3O6.H2O/c1-14(2)23(31-25(35)19-11-10-15-6-3-4-9-18(15)29-19)26(36)30-20(12-22(33)34)21(32)13-37-24-16(27)7-5-8-17(24)28;/h3-11,14,20,23H,12-13H2,1-2H3,(H,30,36)(H,31,35)(H,33,34);1H2/t20-,23-;/m0./s1. The van der Waals surface area contributed by atoms with E-state index in [4.69, 9.17) is 4.74 Å². The van der Waals surface area contributed by atoms with Gasteiger partial charge in [-0.15, -0.1) is 0 Å². The van der Waals surface area contributed by atoms with Crippen LogP contribution in [-0.4, -0.2) is 57.8 Å². The Morgan fingerprint density at radius 2 is 1.61 bits per heavy atom. The zero-order chi connectivity index (χ0) is 27.1. The van der Waals surface area contributed by atoms with Gasteiger partial charge in [-0.3, -0.25) is 19.2 Å². The molecule has 2 atom stereocenters. The maximum Gasteiger partial charge on any atom is 0.305 e. The first-order chi connectivity index (χ1) is 17.6. The molecule has 10 nitrogen and oxygen atoms in total. The molecule has 1 heterocycles. The highest BCUT2D eigenvalue weighted by atomic mass is 19.1. The number of halogens is 2. The molecule has 2 amide bonds. The third kappa shape index (κ3) is 7.53. The van der Waals surface area contributed by atoms with Crippen molar-refractivity contribution in [3.05, 3.63) is 71.9 Å². The normalized spacial score (nSPS) is 12.2. The van der Waals surface area contributed by atoms with E-state index in [-0.39, 0.29) is 11.2 Å². The molecular weight excluding hydrogens is 504 g/mol. The fourth-order valence-electron chi connectivity index (χ4n) is 3.49. The van der Waals surface area contributed by atoms with Crippen molar-refractivity contribution in [2.24, 2.45) is 5.92 Å². The molecule has 3 aromatic rings. The van der Waals surface area contributed by atoms with Crippen molar-refractivity contribution in [2.45, 2.75) is 32.4 Å². The summed E-state index contributed by atoms with van der Waals surface area (Å²) in [7, 11) is 0. The summed E-state index contributed by atoms with van der Waals surface area (Å²) in [6.45, 7) is 2.41. The number of hydrogen-bond donors (Lipinski definition) is 3. The van der Waals surface area contributed by atoms with E-state index in [1.165, 1.54) is 6.07 Å². The summed E-state index contributed by atoms with van der Waals surface area (Å²) in [6.07, 6.45) is -0.807.